The third-order valence-electron chi connectivity index (χ3n) is 5.97. The normalized spacial score (nSPS) is 17.7. The van der Waals surface area contributed by atoms with Crippen LogP contribution in [-0.2, 0) is 16.0 Å². The van der Waals surface area contributed by atoms with Crippen molar-refractivity contribution in [3.63, 3.8) is 0 Å². The van der Waals surface area contributed by atoms with E-state index in [1.165, 1.54) is 16.3 Å². The zero-order valence-electron chi connectivity index (χ0n) is 18.2. The average molecular weight is 419 g/mol. The molecule has 1 aliphatic rings. The van der Waals surface area contributed by atoms with Crippen LogP contribution >= 0.6 is 0 Å². The fourth-order valence-corrected chi connectivity index (χ4v) is 4.16. The molecule has 2 atom stereocenters. The Morgan fingerprint density at radius 2 is 1.94 bits per heavy atom. The lowest BCUT2D eigenvalue weighted by Gasteiger charge is -2.33. The van der Waals surface area contributed by atoms with Gasteiger partial charge in [0, 0.05) is 25.7 Å². The number of nitrogens with one attached hydrogen (secondary N) is 1. The van der Waals surface area contributed by atoms with Crippen LogP contribution in [0.15, 0.2) is 66.7 Å². The zero-order chi connectivity index (χ0) is 21.6. The van der Waals surface area contributed by atoms with E-state index < -0.39 is 0 Å². The molecule has 5 nitrogen and oxygen atoms in total. The molecule has 31 heavy (non-hydrogen) atoms. The predicted octanol–water partition coefficient (Wildman–Crippen LogP) is 3.97. The van der Waals surface area contributed by atoms with E-state index in [0.717, 1.165) is 17.7 Å². The van der Waals surface area contributed by atoms with Gasteiger partial charge in [-0.1, -0.05) is 54.6 Å². The van der Waals surface area contributed by atoms with Crippen molar-refractivity contribution in [3.05, 3.63) is 77.9 Å². The van der Waals surface area contributed by atoms with E-state index in [0.29, 0.717) is 19.6 Å². The lowest BCUT2D eigenvalue weighted by molar-refractivity contribution is -0.148. The summed E-state index contributed by atoms with van der Waals surface area (Å²) in [5.41, 5.74) is 2.44. The SMILES string of the molecule is COc1cccc(CCN2CC(CN[C@H](C)c3cccc4ccccc34)OCC2=O)c1. The van der Waals surface area contributed by atoms with Crippen molar-refractivity contribution in [2.75, 3.05) is 33.4 Å². The maximum atomic E-state index is 12.3. The number of ether oxygens (including phenoxy) is 2. The first-order chi connectivity index (χ1) is 15.1. The van der Waals surface area contributed by atoms with Crippen LogP contribution < -0.4 is 10.1 Å². The molecule has 162 valence electrons. The molecule has 1 heterocycles. The third-order valence-corrected chi connectivity index (χ3v) is 5.97. The van der Waals surface area contributed by atoms with Gasteiger partial charge < -0.3 is 19.7 Å². The molecule has 3 aromatic rings. The fraction of sp³-hybridized carbons (Fsp3) is 0.346. The average Bonchev–Trinajstić information content (AvgIpc) is 2.82. The van der Waals surface area contributed by atoms with Crippen LogP contribution in [-0.4, -0.2) is 50.3 Å². The van der Waals surface area contributed by atoms with Gasteiger partial charge in [0.25, 0.3) is 0 Å². The molecule has 1 saturated heterocycles. The summed E-state index contributed by atoms with van der Waals surface area (Å²) in [7, 11) is 1.67. The molecule has 1 aliphatic heterocycles. The van der Waals surface area contributed by atoms with Crippen LogP contribution in [0.4, 0.5) is 0 Å². The molecular weight excluding hydrogens is 388 g/mol. The van der Waals surface area contributed by atoms with Crippen LogP contribution in [0, 0.1) is 0 Å². The quantitative estimate of drug-likeness (QED) is 0.601. The first-order valence-corrected chi connectivity index (χ1v) is 10.9. The Bertz CT molecular complexity index is 1030. The number of benzene rings is 3. The van der Waals surface area contributed by atoms with Gasteiger partial charge in [-0.05, 0) is 47.4 Å². The third kappa shape index (κ3) is 5.24. The topological polar surface area (TPSA) is 50.8 Å². The Hall–Kier alpha value is -2.89. The molecule has 0 spiro atoms. The molecule has 0 radical (unpaired) electrons. The largest absolute Gasteiger partial charge is 0.497 e. The van der Waals surface area contributed by atoms with E-state index in [-0.39, 0.29) is 24.7 Å². The Morgan fingerprint density at radius 1 is 1.13 bits per heavy atom. The summed E-state index contributed by atoms with van der Waals surface area (Å²) in [5.74, 6) is 0.900. The Labute approximate surface area is 184 Å². The molecule has 0 bridgehead atoms. The first-order valence-electron chi connectivity index (χ1n) is 10.9. The van der Waals surface area contributed by atoms with Crippen molar-refractivity contribution in [2.45, 2.75) is 25.5 Å². The lowest BCUT2D eigenvalue weighted by Crippen LogP contribution is -2.50. The van der Waals surface area contributed by atoms with Crippen LogP contribution in [0.5, 0.6) is 5.75 Å². The number of carbonyl (C=O) groups excluding carboxylic acids is 1. The van der Waals surface area contributed by atoms with Crippen LogP contribution in [0.25, 0.3) is 10.8 Å². The lowest BCUT2D eigenvalue weighted by atomic mass is 9.99. The standard InChI is InChI=1S/C26H30N2O3/c1-19(24-12-6-9-21-8-3-4-11-25(21)24)27-16-23-17-28(26(29)18-31-23)14-13-20-7-5-10-22(15-20)30-2/h3-12,15,19,23,27H,13-14,16-18H2,1-2H3/t19-,23?/m1/s1. The minimum atomic E-state index is -0.0135. The summed E-state index contributed by atoms with van der Waals surface area (Å²) < 4.78 is 11.1. The minimum Gasteiger partial charge on any atom is -0.497 e. The van der Waals surface area contributed by atoms with Crippen LogP contribution in [0.2, 0.25) is 0 Å². The fourth-order valence-electron chi connectivity index (χ4n) is 4.16. The molecule has 5 heteroatoms. The van der Waals surface area contributed by atoms with Gasteiger partial charge in [-0.3, -0.25) is 4.79 Å². The van der Waals surface area contributed by atoms with Crippen molar-refractivity contribution in [1.82, 2.24) is 10.2 Å². The Morgan fingerprint density at radius 3 is 2.81 bits per heavy atom. The van der Waals surface area contributed by atoms with E-state index >= 15 is 0 Å². The van der Waals surface area contributed by atoms with Crippen LogP contribution in [0.3, 0.4) is 0 Å². The number of morpholine rings is 1. The highest BCUT2D eigenvalue weighted by molar-refractivity contribution is 5.86. The maximum Gasteiger partial charge on any atom is 0.248 e. The molecular formula is C26H30N2O3. The van der Waals surface area contributed by atoms with Gasteiger partial charge in [0.1, 0.15) is 12.4 Å². The van der Waals surface area contributed by atoms with Gasteiger partial charge in [0.15, 0.2) is 0 Å². The highest BCUT2D eigenvalue weighted by Crippen LogP contribution is 2.24. The molecule has 1 unspecified atom stereocenters. The predicted molar refractivity (Wildman–Crippen MR) is 123 cm³/mol. The summed E-state index contributed by atoms with van der Waals surface area (Å²) in [4.78, 5) is 14.3. The van der Waals surface area contributed by atoms with Crippen molar-refractivity contribution in [1.29, 1.82) is 0 Å². The number of rotatable bonds is 8. The highest BCUT2D eigenvalue weighted by Gasteiger charge is 2.26. The zero-order valence-corrected chi connectivity index (χ0v) is 18.2. The Kier molecular flexibility index (Phi) is 6.85. The van der Waals surface area contributed by atoms with Gasteiger partial charge in [-0.2, -0.15) is 0 Å². The molecule has 1 fully saturated rings. The van der Waals surface area contributed by atoms with Crippen LogP contribution in [0.1, 0.15) is 24.1 Å². The van der Waals surface area contributed by atoms with Gasteiger partial charge in [0.2, 0.25) is 5.91 Å². The number of hydrogen-bond donors (Lipinski definition) is 1. The Balaban J connectivity index is 1.33. The van der Waals surface area contributed by atoms with Crippen molar-refractivity contribution < 1.29 is 14.3 Å². The molecule has 4 rings (SSSR count). The molecule has 3 aromatic carbocycles. The van der Waals surface area contributed by atoms with E-state index in [1.807, 2.05) is 23.1 Å². The summed E-state index contributed by atoms with van der Waals surface area (Å²) in [6.45, 7) is 4.32. The second-order valence-corrected chi connectivity index (χ2v) is 8.07. The summed E-state index contributed by atoms with van der Waals surface area (Å²) in [5, 5.41) is 6.12. The van der Waals surface area contributed by atoms with Gasteiger partial charge >= 0.3 is 0 Å². The minimum absolute atomic E-state index is 0.0135. The number of hydrogen-bond acceptors (Lipinski definition) is 4. The number of fused-ring (bicyclic) bond motifs is 1. The van der Waals surface area contributed by atoms with Gasteiger partial charge in [-0.25, -0.2) is 0 Å². The summed E-state index contributed by atoms with van der Waals surface area (Å²) in [6.07, 6.45) is 0.788. The monoisotopic (exact) mass is 418 g/mol. The number of nitrogens with zero attached hydrogens (tertiary/aromatic N) is 1. The highest BCUT2D eigenvalue weighted by atomic mass is 16.5. The maximum absolute atomic E-state index is 12.3. The molecule has 0 aliphatic carbocycles. The summed E-state index contributed by atoms with van der Waals surface area (Å²) in [6, 6.07) is 23.1. The van der Waals surface area contributed by atoms with Gasteiger partial charge in [-0.15, -0.1) is 0 Å². The van der Waals surface area contributed by atoms with E-state index in [1.54, 1.807) is 7.11 Å². The van der Waals surface area contributed by atoms with Gasteiger partial charge in [0.05, 0.1) is 13.2 Å². The summed E-state index contributed by atoms with van der Waals surface area (Å²) >= 11 is 0. The second kappa shape index (κ2) is 9.94. The van der Waals surface area contributed by atoms with Crippen molar-refractivity contribution in [3.8, 4) is 5.75 Å². The number of amides is 1. The van der Waals surface area contributed by atoms with E-state index in [2.05, 4.69) is 60.8 Å². The molecule has 1 N–H and O–H groups in total. The van der Waals surface area contributed by atoms with Crippen molar-refractivity contribution in [2.24, 2.45) is 0 Å². The molecule has 0 saturated carbocycles. The van der Waals surface area contributed by atoms with E-state index in [9.17, 15) is 4.79 Å². The first kappa shape index (κ1) is 21.3. The number of methoxy groups -OCH3 is 1. The number of carbonyl (C=O) groups is 1. The molecule has 1 amide bonds. The van der Waals surface area contributed by atoms with E-state index in [4.69, 9.17) is 9.47 Å². The smallest absolute Gasteiger partial charge is 0.248 e. The second-order valence-electron chi connectivity index (χ2n) is 8.07. The molecule has 0 aromatic heterocycles. The van der Waals surface area contributed by atoms with Crippen molar-refractivity contribution >= 4 is 16.7 Å².